The maximum Gasteiger partial charge on any atom is 0.282 e. The van der Waals surface area contributed by atoms with Gasteiger partial charge in [0.2, 0.25) is 0 Å². The van der Waals surface area contributed by atoms with E-state index >= 15 is 0 Å². The highest BCUT2D eigenvalue weighted by Gasteiger charge is 2.22. The largest absolute Gasteiger partial charge is 0.483 e. The average Bonchev–Trinajstić information content (AvgIpc) is 2.93. The van der Waals surface area contributed by atoms with Crippen LogP contribution in [-0.4, -0.2) is 28.4 Å². The zero-order valence-electron chi connectivity index (χ0n) is 20.6. The molecular weight excluding hydrogens is 612 g/mol. The summed E-state index contributed by atoms with van der Waals surface area (Å²) in [6.45, 7) is -0.170. The molecule has 194 valence electrons. The second kappa shape index (κ2) is 12.0. The number of ether oxygens (including phenoxy) is 1. The number of rotatable bonds is 7. The van der Waals surface area contributed by atoms with Crippen LogP contribution in [0, 0.1) is 0 Å². The molecule has 1 fully saturated rings. The Morgan fingerprint density at radius 3 is 2.55 bits per heavy atom. The van der Waals surface area contributed by atoms with Crippen molar-refractivity contribution < 1.29 is 9.53 Å². The molecule has 0 aliphatic heterocycles. The minimum atomic E-state index is -0.276. The SMILES string of the molecule is O=C(COc1ccc(Br)cc1C=Nn1c(C2CCCCC2)nc2ccc(Br)cc2c1=O)Nc1ccccc1. The molecule has 3 aromatic carbocycles. The number of para-hydroxylation sites is 1. The van der Waals surface area contributed by atoms with Crippen LogP contribution in [0.15, 0.2) is 85.6 Å². The van der Waals surface area contributed by atoms with Gasteiger partial charge in [-0.2, -0.15) is 9.78 Å². The smallest absolute Gasteiger partial charge is 0.282 e. The van der Waals surface area contributed by atoms with Crippen LogP contribution in [0.2, 0.25) is 0 Å². The highest BCUT2D eigenvalue weighted by Crippen LogP contribution is 2.32. The summed E-state index contributed by atoms with van der Waals surface area (Å²) in [6, 6.07) is 20.2. The predicted octanol–water partition coefficient (Wildman–Crippen LogP) is 6.87. The number of fused-ring (bicyclic) bond motifs is 1. The molecule has 0 spiro atoms. The van der Waals surface area contributed by atoms with E-state index < -0.39 is 0 Å². The van der Waals surface area contributed by atoms with Gasteiger partial charge in [0.1, 0.15) is 11.6 Å². The fourth-order valence-corrected chi connectivity index (χ4v) is 5.38. The van der Waals surface area contributed by atoms with Gasteiger partial charge in [-0.3, -0.25) is 9.59 Å². The zero-order chi connectivity index (χ0) is 26.5. The van der Waals surface area contributed by atoms with Gasteiger partial charge >= 0.3 is 0 Å². The number of hydrogen-bond acceptors (Lipinski definition) is 5. The van der Waals surface area contributed by atoms with Crippen molar-refractivity contribution >= 4 is 60.6 Å². The van der Waals surface area contributed by atoms with Crippen LogP contribution in [0.4, 0.5) is 5.69 Å². The third kappa shape index (κ3) is 6.22. The number of halogens is 2. The Hall–Kier alpha value is -3.30. The summed E-state index contributed by atoms with van der Waals surface area (Å²) >= 11 is 6.96. The maximum atomic E-state index is 13.6. The van der Waals surface area contributed by atoms with Gasteiger partial charge in [-0.05, 0) is 61.4 Å². The minimum Gasteiger partial charge on any atom is -0.483 e. The van der Waals surface area contributed by atoms with Crippen molar-refractivity contribution in [1.82, 2.24) is 9.66 Å². The summed E-state index contributed by atoms with van der Waals surface area (Å²) in [5, 5.41) is 7.94. The number of hydrogen-bond donors (Lipinski definition) is 1. The van der Waals surface area contributed by atoms with Gasteiger partial charge in [0, 0.05) is 26.1 Å². The molecule has 9 heteroatoms. The fourth-order valence-electron chi connectivity index (χ4n) is 4.64. The van der Waals surface area contributed by atoms with Crippen LogP contribution < -0.4 is 15.6 Å². The Kier molecular flexibility index (Phi) is 8.34. The zero-order valence-corrected chi connectivity index (χ0v) is 23.7. The molecule has 7 nitrogen and oxygen atoms in total. The summed E-state index contributed by atoms with van der Waals surface area (Å²) in [4.78, 5) is 30.9. The first-order chi connectivity index (χ1) is 18.5. The summed E-state index contributed by atoms with van der Waals surface area (Å²) < 4.78 is 8.90. The van der Waals surface area contributed by atoms with E-state index in [0.717, 1.165) is 34.6 Å². The van der Waals surface area contributed by atoms with Crippen molar-refractivity contribution in [3.8, 4) is 5.75 Å². The Morgan fingerprint density at radius 1 is 1.03 bits per heavy atom. The number of carbonyl (C=O) groups excluding carboxylic acids is 1. The maximum absolute atomic E-state index is 13.6. The third-order valence-electron chi connectivity index (χ3n) is 6.50. The van der Waals surface area contributed by atoms with E-state index in [4.69, 9.17) is 9.72 Å². The van der Waals surface area contributed by atoms with E-state index in [1.165, 1.54) is 11.1 Å². The summed E-state index contributed by atoms with van der Waals surface area (Å²) in [5.41, 5.74) is 1.78. The molecule has 1 amide bonds. The van der Waals surface area contributed by atoms with Crippen molar-refractivity contribution in [3.63, 3.8) is 0 Å². The van der Waals surface area contributed by atoms with Crippen molar-refractivity contribution in [2.75, 3.05) is 11.9 Å². The van der Waals surface area contributed by atoms with Crippen LogP contribution in [0.3, 0.4) is 0 Å². The second-order valence-electron chi connectivity index (χ2n) is 9.21. The molecule has 0 unspecified atom stereocenters. The van der Waals surface area contributed by atoms with Crippen LogP contribution in [0.25, 0.3) is 10.9 Å². The lowest BCUT2D eigenvalue weighted by atomic mass is 9.88. The average molecular weight is 638 g/mol. The summed E-state index contributed by atoms with van der Waals surface area (Å²) in [5.74, 6) is 1.05. The molecule has 1 aliphatic rings. The van der Waals surface area contributed by atoms with E-state index in [2.05, 4.69) is 42.3 Å². The molecule has 0 radical (unpaired) electrons. The van der Waals surface area contributed by atoms with Gasteiger partial charge in [0.25, 0.3) is 11.5 Å². The molecular formula is C29H26Br2N4O3. The predicted molar refractivity (Wildman–Crippen MR) is 157 cm³/mol. The van der Waals surface area contributed by atoms with E-state index in [-0.39, 0.29) is 24.0 Å². The normalized spacial score (nSPS) is 14.2. The van der Waals surface area contributed by atoms with Gasteiger partial charge in [0.15, 0.2) is 6.61 Å². The van der Waals surface area contributed by atoms with E-state index in [0.29, 0.717) is 33.7 Å². The molecule has 4 aromatic rings. The van der Waals surface area contributed by atoms with Gasteiger partial charge in [-0.1, -0.05) is 69.3 Å². The number of nitrogens with one attached hydrogen (secondary N) is 1. The second-order valence-corrected chi connectivity index (χ2v) is 11.0. The van der Waals surface area contributed by atoms with Crippen LogP contribution in [-0.2, 0) is 4.79 Å². The van der Waals surface area contributed by atoms with Gasteiger partial charge < -0.3 is 10.1 Å². The molecule has 1 saturated carbocycles. The highest BCUT2D eigenvalue weighted by molar-refractivity contribution is 9.10. The molecule has 1 N–H and O–H groups in total. The number of amides is 1. The lowest BCUT2D eigenvalue weighted by Gasteiger charge is -2.22. The molecule has 38 heavy (non-hydrogen) atoms. The Bertz CT molecular complexity index is 1550. The van der Waals surface area contributed by atoms with Crippen molar-refractivity contribution in [3.05, 3.63) is 97.4 Å². The third-order valence-corrected chi connectivity index (χ3v) is 7.49. The minimum absolute atomic E-state index is 0.168. The molecule has 0 saturated heterocycles. The van der Waals surface area contributed by atoms with Crippen LogP contribution in [0.1, 0.15) is 49.4 Å². The van der Waals surface area contributed by atoms with E-state index in [1.807, 2.05) is 54.6 Å². The Balaban J connectivity index is 1.46. The number of aromatic nitrogens is 2. The molecule has 1 aliphatic carbocycles. The van der Waals surface area contributed by atoms with Gasteiger partial charge in [-0.25, -0.2) is 4.98 Å². The summed E-state index contributed by atoms with van der Waals surface area (Å²) in [6.07, 6.45) is 6.96. The first-order valence-corrected chi connectivity index (χ1v) is 14.1. The van der Waals surface area contributed by atoms with Crippen molar-refractivity contribution in [2.45, 2.75) is 38.0 Å². The molecule has 1 heterocycles. The lowest BCUT2D eigenvalue weighted by molar-refractivity contribution is -0.118. The standard InChI is InChI=1S/C29H26Br2N4O3/c30-21-12-14-26(38-18-27(36)33-23-9-5-2-6-10-23)20(15-21)17-32-35-28(19-7-3-1-4-8-19)34-25-13-11-22(31)16-24(25)29(35)37/h2,5-6,9-17,19H,1,3-4,7-8,18H2,(H,33,36). The van der Waals surface area contributed by atoms with Crippen molar-refractivity contribution in [2.24, 2.45) is 5.10 Å². The topological polar surface area (TPSA) is 85.6 Å². The highest BCUT2D eigenvalue weighted by atomic mass is 79.9. The van der Waals surface area contributed by atoms with Crippen molar-refractivity contribution in [1.29, 1.82) is 0 Å². The Labute approximate surface area is 237 Å². The molecule has 0 bridgehead atoms. The number of anilines is 1. The summed E-state index contributed by atoms with van der Waals surface area (Å²) in [7, 11) is 0. The van der Waals surface area contributed by atoms with E-state index in [9.17, 15) is 9.59 Å². The van der Waals surface area contributed by atoms with E-state index in [1.54, 1.807) is 18.3 Å². The number of benzene rings is 3. The monoisotopic (exact) mass is 636 g/mol. The molecule has 5 rings (SSSR count). The molecule has 0 atom stereocenters. The lowest BCUT2D eigenvalue weighted by Crippen LogP contribution is -2.25. The van der Waals surface area contributed by atoms with Gasteiger partial charge in [-0.15, -0.1) is 0 Å². The number of carbonyl (C=O) groups is 1. The number of nitrogens with zero attached hydrogens (tertiary/aromatic N) is 3. The first-order valence-electron chi connectivity index (χ1n) is 12.5. The fraction of sp³-hybridized carbons (Fsp3) is 0.241. The van der Waals surface area contributed by atoms with Crippen LogP contribution in [0.5, 0.6) is 5.75 Å². The van der Waals surface area contributed by atoms with Gasteiger partial charge in [0.05, 0.1) is 17.1 Å². The molecule has 1 aromatic heterocycles. The Morgan fingerprint density at radius 2 is 1.76 bits per heavy atom. The van der Waals surface area contributed by atoms with Crippen LogP contribution >= 0.6 is 31.9 Å². The quantitative estimate of drug-likeness (QED) is 0.224. The first kappa shape index (κ1) is 26.3.